The molecule has 1 rings (SSSR count). The number of alkyl halides is 6. The van der Waals surface area contributed by atoms with Gasteiger partial charge in [-0.05, 0) is 36.6 Å². The molecule has 0 saturated carbocycles. The van der Waals surface area contributed by atoms with Gasteiger partial charge in [-0.25, -0.2) is 0 Å². The molecule has 1 aromatic carbocycles. The molecule has 34 heavy (non-hydrogen) atoms. The van der Waals surface area contributed by atoms with E-state index in [2.05, 4.69) is 12.2 Å². The first-order chi connectivity index (χ1) is 15.9. The van der Waals surface area contributed by atoms with Gasteiger partial charge in [0.1, 0.15) is 0 Å². The van der Waals surface area contributed by atoms with E-state index in [-0.39, 0.29) is 30.9 Å². The monoisotopic (exact) mass is 497 g/mol. The lowest BCUT2D eigenvalue weighted by Gasteiger charge is -2.14. The Kier molecular flexibility index (Phi) is 13.0. The molecule has 0 aromatic heterocycles. The predicted molar refractivity (Wildman–Crippen MR) is 116 cm³/mol. The van der Waals surface area contributed by atoms with Crippen LogP contribution >= 0.6 is 0 Å². The van der Waals surface area contributed by atoms with E-state index in [1.54, 1.807) is 0 Å². The zero-order valence-electron chi connectivity index (χ0n) is 19.4. The minimum Gasteiger partial charge on any atom is -0.466 e. The second-order valence-corrected chi connectivity index (χ2v) is 8.24. The third-order valence-electron chi connectivity index (χ3n) is 5.18. The van der Waals surface area contributed by atoms with Crippen molar-refractivity contribution in [1.29, 1.82) is 0 Å². The van der Waals surface area contributed by atoms with Gasteiger partial charge < -0.3 is 10.1 Å². The van der Waals surface area contributed by atoms with Crippen LogP contribution in [0.25, 0.3) is 0 Å². The van der Waals surface area contributed by atoms with Gasteiger partial charge in [0.15, 0.2) is 0 Å². The Labute approximate surface area is 196 Å². The van der Waals surface area contributed by atoms with Gasteiger partial charge in [-0.15, -0.1) is 0 Å². The lowest BCUT2D eigenvalue weighted by Crippen LogP contribution is -2.23. The number of unbranched alkanes of at least 4 members (excludes halogenated alkanes) is 7. The zero-order valence-corrected chi connectivity index (χ0v) is 19.4. The maximum Gasteiger partial charge on any atom is 0.416 e. The van der Waals surface area contributed by atoms with E-state index >= 15 is 0 Å². The summed E-state index contributed by atoms with van der Waals surface area (Å²) >= 11 is 0. The van der Waals surface area contributed by atoms with E-state index in [0.717, 1.165) is 19.3 Å². The Balaban J connectivity index is 2.29. The molecule has 0 fully saturated rings. The summed E-state index contributed by atoms with van der Waals surface area (Å²) < 4.78 is 82.4. The molecule has 10 heteroatoms. The second kappa shape index (κ2) is 14.9. The Morgan fingerprint density at radius 1 is 0.765 bits per heavy atom. The van der Waals surface area contributed by atoms with Crippen molar-refractivity contribution in [2.24, 2.45) is 0 Å². The summed E-state index contributed by atoms with van der Waals surface area (Å²) in [5.74, 6) is -1.02. The standard InChI is InChI=1S/C24H33F6NO3/c1-2-3-4-5-6-7-8-9-13-34-22(33)12-10-11-21(32)31-17-18-14-19(23(25,26)27)16-20(15-18)24(28,29)30/h14-16H,2-13,17H2,1H3,(H,31,32). The number of ether oxygens (including phenoxy) is 1. The Hall–Kier alpha value is -2.26. The predicted octanol–water partition coefficient (Wildman–Crippen LogP) is 7.19. The molecule has 0 radical (unpaired) electrons. The van der Waals surface area contributed by atoms with Gasteiger partial charge in [0, 0.05) is 19.4 Å². The minimum absolute atomic E-state index is 0.00617. The first kappa shape index (κ1) is 29.8. The molecule has 0 aliphatic heterocycles. The Morgan fingerprint density at radius 3 is 1.82 bits per heavy atom. The van der Waals surface area contributed by atoms with E-state index in [9.17, 15) is 35.9 Å². The highest BCUT2D eigenvalue weighted by Gasteiger charge is 2.36. The van der Waals surface area contributed by atoms with Crippen molar-refractivity contribution in [3.8, 4) is 0 Å². The molecule has 0 atom stereocenters. The summed E-state index contributed by atoms with van der Waals surface area (Å²) in [5.41, 5.74) is -3.20. The number of carbonyl (C=O) groups is 2. The Morgan fingerprint density at radius 2 is 1.29 bits per heavy atom. The normalized spacial score (nSPS) is 12.0. The molecular formula is C24H33F6NO3. The maximum atomic E-state index is 12.9. The number of rotatable bonds is 15. The molecule has 0 bridgehead atoms. The van der Waals surface area contributed by atoms with Gasteiger partial charge in [0.25, 0.3) is 0 Å². The number of hydrogen-bond donors (Lipinski definition) is 1. The molecule has 0 saturated heterocycles. The summed E-state index contributed by atoms with van der Waals surface area (Å²) in [5, 5.41) is 2.29. The number of hydrogen-bond acceptors (Lipinski definition) is 3. The molecule has 0 unspecified atom stereocenters. The van der Waals surface area contributed by atoms with E-state index in [0.29, 0.717) is 18.7 Å². The van der Waals surface area contributed by atoms with Crippen LogP contribution in [0.15, 0.2) is 18.2 Å². The molecule has 4 nitrogen and oxygen atoms in total. The van der Waals surface area contributed by atoms with Gasteiger partial charge >= 0.3 is 18.3 Å². The van der Waals surface area contributed by atoms with Crippen LogP contribution in [-0.4, -0.2) is 18.5 Å². The number of carbonyl (C=O) groups excluding carboxylic acids is 2. The van der Waals surface area contributed by atoms with Crippen LogP contribution in [0, 0.1) is 0 Å². The first-order valence-corrected chi connectivity index (χ1v) is 11.6. The van der Waals surface area contributed by atoms with Crippen LogP contribution in [0.2, 0.25) is 0 Å². The van der Waals surface area contributed by atoms with Gasteiger partial charge in [0.2, 0.25) is 5.91 Å². The average Bonchev–Trinajstić information content (AvgIpc) is 2.75. The average molecular weight is 498 g/mol. The molecule has 1 amide bonds. The summed E-state index contributed by atoms with van der Waals surface area (Å²) in [6, 6.07) is 1.17. The molecule has 0 spiro atoms. The largest absolute Gasteiger partial charge is 0.466 e. The molecule has 1 N–H and O–H groups in total. The topological polar surface area (TPSA) is 55.4 Å². The van der Waals surface area contributed by atoms with Crippen molar-refractivity contribution < 1.29 is 40.7 Å². The van der Waals surface area contributed by atoms with Crippen molar-refractivity contribution in [3.05, 3.63) is 34.9 Å². The molecule has 194 valence electrons. The van der Waals surface area contributed by atoms with Gasteiger partial charge in [-0.1, -0.05) is 51.9 Å². The Bertz CT molecular complexity index is 730. The van der Waals surface area contributed by atoms with Crippen LogP contribution in [0.3, 0.4) is 0 Å². The number of esters is 1. The number of halogens is 6. The van der Waals surface area contributed by atoms with Gasteiger partial charge in [0.05, 0.1) is 17.7 Å². The van der Waals surface area contributed by atoms with Crippen LogP contribution < -0.4 is 5.32 Å². The van der Waals surface area contributed by atoms with Crippen molar-refractivity contribution in [3.63, 3.8) is 0 Å². The van der Waals surface area contributed by atoms with Crippen molar-refractivity contribution in [2.45, 2.75) is 96.5 Å². The van der Waals surface area contributed by atoms with Gasteiger partial charge in [-0.2, -0.15) is 26.3 Å². The number of benzene rings is 1. The van der Waals surface area contributed by atoms with Crippen molar-refractivity contribution >= 4 is 11.9 Å². The van der Waals surface area contributed by atoms with E-state index in [4.69, 9.17) is 4.74 Å². The minimum atomic E-state index is -4.95. The highest BCUT2D eigenvalue weighted by atomic mass is 19.4. The molecule has 0 aliphatic carbocycles. The summed E-state index contributed by atoms with van der Waals surface area (Å²) in [4.78, 5) is 23.6. The third kappa shape index (κ3) is 12.8. The van der Waals surface area contributed by atoms with Crippen LogP contribution in [-0.2, 0) is 33.2 Å². The quantitative estimate of drug-likeness (QED) is 0.158. The lowest BCUT2D eigenvalue weighted by atomic mass is 10.0. The van der Waals surface area contributed by atoms with Crippen LogP contribution in [0.1, 0.15) is 94.2 Å². The first-order valence-electron chi connectivity index (χ1n) is 11.6. The number of amides is 1. The summed E-state index contributed by atoms with van der Waals surface area (Å²) in [6.07, 6.45) is -0.896. The lowest BCUT2D eigenvalue weighted by molar-refractivity contribution is -0.144. The van der Waals surface area contributed by atoms with Gasteiger partial charge in [-0.3, -0.25) is 9.59 Å². The third-order valence-corrected chi connectivity index (χ3v) is 5.18. The van der Waals surface area contributed by atoms with Crippen molar-refractivity contribution in [1.82, 2.24) is 5.32 Å². The second-order valence-electron chi connectivity index (χ2n) is 8.24. The SMILES string of the molecule is CCCCCCCCCCOC(=O)CCCC(=O)NCc1cc(C(F)(F)F)cc(C(F)(F)F)c1. The van der Waals surface area contributed by atoms with E-state index in [1.807, 2.05) is 0 Å². The summed E-state index contributed by atoms with van der Waals surface area (Å²) in [6.45, 7) is 1.99. The molecule has 0 aliphatic rings. The molecular weight excluding hydrogens is 464 g/mol. The zero-order chi connectivity index (χ0) is 25.6. The fraction of sp³-hybridized carbons (Fsp3) is 0.667. The van der Waals surface area contributed by atoms with E-state index in [1.165, 1.54) is 32.1 Å². The van der Waals surface area contributed by atoms with Crippen LogP contribution in [0.4, 0.5) is 26.3 Å². The number of nitrogens with one attached hydrogen (secondary N) is 1. The molecule has 0 heterocycles. The van der Waals surface area contributed by atoms with Crippen molar-refractivity contribution in [2.75, 3.05) is 6.61 Å². The fourth-order valence-corrected chi connectivity index (χ4v) is 3.30. The fourth-order valence-electron chi connectivity index (χ4n) is 3.30. The summed E-state index contributed by atoms with van der Waals surface area (Å²) in [7, 11) is 0. The van der Waals surface area contributed by atoms with E-state index < -0.39 is 41.9 Å². The molecule has 1 aromatic rings. The van der Waals surface area contributed by atoms with Crippen LogP contribution in [0.5, 0.6) is 0 Å². The highest BCUT2D eigenvalue weighted by molar-refractivity contribution is 5.77. The maximum absolute atomic E-state index is 12.9. The smallest absolute Gasteiger partial charge is 0.416 e. The highest BCUT2D eigenvalue weighted by Crippen LogP contribution is 2.36.